The van der Waals surface area contributed by atoms with Crippen LogP contribution in [-0.2, 0) is 9.53 Å². The van der Waals surface area contributed by atoms with Crippen LogP contribution in [0.3, 0.4) is 0 Å². The van der Waals surface area contributed by atoms with Crippen molar-refractivity contribution in [2.75, 3.05) is 38.3 Å². The first kappa shape index (κ1) is 23.0. The van der Waals surface area contributed by atoms with Crippen molar-refractivity contribution >= 4 is 34.5 Å². The van der Waals surface area contributed by atoms with Crippen LogP contribution in [0, 0.1) is 19.8 Å². The maximum Gasteiger partial charge on any atom is 0.223 e. The minimum absolute atomic E-state index is 0.0230. The Bertz CT molecular complexity index is 1210. The minimum Gasteiger partial charge on any atom is -0.495 e. The largest absolute Gasteiger partial charge is 0.495 e. The molecule has 8 heteroatoms. The average Bonchev–Trinajstić information content (AvgIpc) is 3.48. The maximum absolute atomic E-state index is 12.8. The molecule has 0 aliphatic carbocycles. The molecule has 2 aromatic carbocycles. The molecule has 0 spiro atoms. The summed E-state index contributed by atoms with van der Waals surface area (Å²) in [5.74, 6) is 1.68. The van der Waals surface area contributed by atoms with Crippen molar-refractivity contribution in [3.63, 3.8) is 0 Å². The Balaban J connectivity index is 1.45. The van der Waals surface area contributed by atoms with Crippen LogP contribution in [0.1, 0.15) is 30.4 Å². The van der Waals surface area contributed by atoms with Crippen LogP contribution in [-0.4, -0.2) is 54.9 Å². The van der Waals surface area contributed by atoms with Crippen LogP contribution in [0.2, 0.25) is 5.02 Å². The summed E-state index contributed by atoms with van der Waals surface area (Å²) >= 11 is 6.31. The smallest absolute Gasteiger partial charge is 0.223 e. The average molecular weight is 483 g/mol. The first-order chi connectivity index (χ1) is 16.4. The number of hydrogen-bond acceptors (Lipinski definition) is 5. The van der Waals surface area contributed by atoms with Crippen molar-refractivity contribution in [2.24, 2.45) is 5.92 Å². The van der Waals surface area contributed by atoms with Crippen molar-refractivity contribution in [3.8, 4) is 11.4 Å². The topological polar surface area (TPSA) is 68.6 Å². The summed E-state index contributed by atoms with van der Waals surface area (Å²) in [4.78, 5) is 20.1. The van der Waals surface area contributed by atoms with Gasteiger partial charge in [-0.3, -0.25) is 9.36 Å². The number of benzene rings is 2. The summed E-state index contributed by atoms with van der Waals surface area (Å²) in [7, 11) is 1.62. The molecule has 2 fully saturated rings. The number of aromatic nitrogens is 2. The third kappa shape index (κ3) is 4.34. The first-order valence-electron chi connectivity index (χ1n) is 11.9. The molecule has 180 valence electrons. The van der Waals surface area contributed by atoms with Gasteiger partial charge in [-0.25, -0.2) is 4.98 Å². The number of hydrogen-bond donors (Lipinski definition) is 1. The van der Waals surface area contributed by atoms with E-state index in [9.17, 15) is 4.79 Å². The lowest BCUT2D eigenvalue weighted by atomic mass is 9.95. The van der Waals surface area contributed by atoms with Gasteiger partial charge in [0.15, 0.2) is 0 Å². The molecule has 34 heavy (non-hydrogen) atoms. The second-order valence-electron chi connectivity index (χ2n) is 9.32. The van der Waals surface area contributed by atoms with Gasteiger partial charge in [0.2, 0.25) is 11.9 Å². The van der Waals surface area contributed by atoms with Gasteiger partial charge in [0.05, 0.1) is 41.5 Å². The van der Waals surface area contributed by atoms with Crippen LogP contribution in [0.4, 0.5) is 5.95 Å². The van der Waals surface area contributed by atoms with Crippen molar-refractivity contribution in [2.45, 2.75) is 39.2 Å². The van der Waals surface area contributed by atoms with Gasteiger partial charge >= 0.3 is 0 Å². The van der Waals surface area contributed by atoms with Gasteiger partial charge in [-0.2, -0.15) is 0 Å². The number of carbonyl (C=O) groups excluding carboxylic acids is 1. The molecule has 3 aromatic rings. The molecule has 0 radical (unpaired) electrons. The molecular formula is C26H31ClN4O3. The number of fused-ring (bicyclic) bond motifs is 1. The van der Waals surface area contributed by atoms with E-state index in [0.717, 1.165) is 61.6 Å². The molecule has 0 saturated carbocycles. The number of rotatable bonds is 5. The SMILES string of the molecule is COc1cc(-n2c(N3CCC(C(=O)NC4CCOC4)CC3)nc3cc(C)c(C)cc32)ccc1Cl. The molecule has 5 rings (SSSR count). The quantitative estimate of drug-likeness (QED) is 0.582. The molecule has 2 aliphatic heterocycles. The lowest BCUT2D eigenvalue weighted by Gasteiger charge is -2.33. The van der Waals surface area contributed by atoms with Crippen LogP contribution >= 0.6 is 11.6 Å². The minimum atomic E-state index is 0.0230. The second kappa shape index (κ2) is 9.47. The standard InChI is InChI=1S/C26H31ClN4O3/c1-16-12-22-23(13-17(16)2)31(20-4-5-21(27)24(14-20)33-3)26(29-22)30-9-6-18(7-10-30)25(32)28-19-8-11-34-15-19/h4-5,12-14,18-19H,6-11,15H2,1-3H3,(H,28,32). The van der Waals surface area contributed by atoms with Crippen molar-refractivity contribution in [1.82, 2.24) is 14.9 Å². The number of anilines is 1. The summed E-state index contributed by atoms with van der Waals surface area (Å²) in [6, 6.07) is 10.3. The molecule has 0 bridgehead atoms. The third-order valence-corrected chi connectivity index (χ3v) is 7.38. The highest BCUT2D eigenvalue weighted by Gasteiger charge is 2.30. The third-order valence-electron chi connectivity index (χ3n) is 7.07. The Labute approximate surface area is 205 Å². The Morgan fingerprint density at radius 3 is 2.62 bits per heavy atom. The Kier molecular flexibility index (Phi) is 6.40. The molecule has 7 nitrogen and oxygen atoms in total. The van der Waals surface area contributed by atoms with E-state index in [0.29, 0.717) is 17.4 Å². The summed E-state index contributed by atoms with van der Waals surface area (Å²) in [6.45, 7) is 7.12. The van der Waals surface area contributed by atoms with E-state index < -0.39 is 0 Å². The van der Waals surface area contributed by atoms with E-state index >= 15 is 0 Å². The van der Waals surface area contributed by atoms with Gasteiger partial charge in [-0.1, -0.05) is 11.6 Å². The highest BCUT2D eigenvalue weighted by molar-refractivity contribution is 6.32. The van der Waals surface area contributed by atoms with Crippen LogP contribution in [0.25, 0.3) is 16.7 Å². The van der Waals surface area contributed by atoms with Crippen molar-refractivity contribution in [3.05, 3.63) is 46.5 Å². The van der Waals surface area contributed by atoms with E-state index in [2.05, 4.69) is 40.8 Å². The van der Waals surface area contributed by atoms with E-state index in [4.69, 9.17) is 26.1 Å². The predicted molar refractivity (Wildman–Crippen MR) is 134 cm³/mol. The predicted octanol–water partition coefficient (Wildman–Crippen LogP) is 4.43. The summed E-state index contributed by atoms with van der Waals surface area (Å²) in [5.41, 5.74) is 5.37. The van der Waals surface area contributed by atoms with Crippen LogP contribution < -0.4 is 15.0 Å². The molecule has 1 amide bonds. The zero-order valence-electron chi connectivity index (χ0n) is 19.9. The van der Waals surface area contributed by atoms with Crippen LogP contribution in [0.15, 0.2) is 30.3 Å². The van der Waals surface area contributed by atoms with Crippen molar-refractivity contribution in [1.29, 1.82) is 0 Å². The fraction of sp³-hybridized carbons (Fsp3) is 0.462. The number of nitrogens with zero attached hydrogens (tertiary/aromatic N) is 3. The van der Waals surface area contributed by atoms with Gasteiger partial charge in [-0.05, 0) is 68.5 Å². The maximum atomic E-state index is 12.8. The number of imidazole rings is 1. The number of piperidine rings is 1. The van der Waals surface area contributed by atoms with Gasteiger partial charge in [-0.15, -0.1) is 0 Å². The number of halogens is 1. The van der Waals surface area contributed by atoms with Gasteiger partial charge < -0.3 is 19.7 Å². The van der Waals surface area contributed by atoms with E-state index in [1.807, 2.05) is 18.2 Å². The van der Waals surface area contributed by atoms with Crippen molar-refractivity contribution < 1.29 is 14.3 Å². The molecule has 1 aromatic heterocycles. The number of nitrogens with one attached hydrogen (secondary N) is 1. The Morgan fingerprint density at radius 1 is 1.15 bits per heavy atom. The lowest BCUT2D eigenvalue weighted by Crippen LogP contribution is -2.44. The van der Waals surface area contributed by atoms with Gasteiger partial charge in [0.25, 0.3) is 0 Å². The number of methoxy groups -OCH3 is 1. The zero-order chi connectivity index (χ0) is 23.8. The zero-order valence-corrected chi connectivity index (χ0v) is 20.7. The molecular weight excluding hydrogens is 452 g/mol. The number of carbonyl (C=O) groups is 1. The van der Waals surface area contributed by atoms with Crippen LogP contribution in [0.5, 0.6) is 5.75 Å². The second-order valence-corrected chi connectivity index (χ2v) is 9.73. The molecule has 2 saturated heterocycles. The summed E-state index contributed by atoms with van der Waals surface area (Å²) < 4.78 is 13.1. The molecule has 1 unspecified atom stereocenters. The van der Waals surface area contributed by atoms with E-state index in [1.165, 1.54) is 11.1 Å². The lowest BCUT2D eigenvalue weighted by molar-refractivity contribution is -0.126. The Morgan fingerprint density at radius 2 is 1.91 bits per heavy atom. The number of aryl methyl sites for hydroxylation is 2. The highest BCUT2D eigenvalue weighted by atomic mass is 35.5. The number of ether oxygens (including phenoxy) is 2. The fourth-order valence-corrected chi connectivity index (χ4v) is 5.08. The highest BCUT2D eigenvalue weighted by Crippen LogP contribution is 2.34. The first-order valence-corrected chi connectivity index (χ1v) is 12.3. The molecule has 2 aliphatic rings. The van der Waals surface area contributed by atoms with E-state index in [-0.39, 0.29) is 17.9 Å². The normalized spacial score (nSPS) is 19.1. The molecule has 1 atom stereocenters. The summed E-state index contributed by atoms with van der Waals surface area (Å²) in [6.07, 6.45) is 2.49. The van der Waals surface area contributed by atoms with E-state index in [1.54, 1.807) is 7.11 Å². The fourth-order valence-electron chi connectivity index (χ4n) is 4.88. The van der Waals surface area contributed by atoms with Gasteiger partial charge in [0, 0.05) is 31.7 Å². The molecule has 3 heterocycles. The van der Waals surface area contributed by atoms with Gasteiger partial charge in [0.1, 0.15) is 5.75 Å². The number of amides is 1. The monoisotopic (exact) mass is 482 g/mol. The molecule has 1 N–H and O–H groups in total. The Hall–Kier alpha value is -2.77. The summed E-state index contributed by atoms with van der Waals surface area (Å²) in [5, 5.41) is 3.74.